The van der Waals surface area contributed by atoms with Crippen molar-refractivity contribution in [2.75, 3.05) is 6.61 Å². The molecule has 1 rings (SSSR count). The van der Waals surface area contributed by atoms with E-state index in [1.54, 1.807) is 12.1 Å². The molecule has 0 fully saturated rings. The van der Waals surface area contributed by atoms with Gasteiger partial charge in [0.25, 0.3) is 0 Å². The summed E-state index contributed by atoms with van der Waals surface area (Å²) in [4.78, 5) is 0. The van der Waals surface area contributed by atoms with Crippen LogP contribution in [0.3, 0.4) is 0 Å². The van der Waals surface area contributed by atoms with Gasteiger partial charge < -0.3 is 20.7 Å². The van der Waals surface area contributed by atoms with Crippen LogP contribution in [0.5, 0.6) is 11.5 Å². The SMILES string of the molecule is CCOc1cc([C@H](N)[C@H](O)C(C)CC)cc(Br)c1O. The van der Waals surface area contributed by atoms with Gasteiger partial charge in [0.1, 0.15) is 0 Å². The number of hydrogen-bond donors (Lipinski definition) is 3. The van der Waals surface area contributed by atoms with E-state index in [1.165, 1.54) is 0 Å². The highest BCUT2D eigenvalue weighted by Gasteiger charge is 2.23. The highest BCUT2D eigenvalue weighted by molar-refractivity contribution is 9.10. The topological polar surface area (TPSA) is 75.7 Å². The zero-order chi connectivity index (χ0) is 14.6. The number of benzene rings is 1. The first kappa shape index (κ1) is 16.3. The van der Waals surface area contributed by atoms with Gasteiger partial charge in [0.2, 0.25) is 0 Å². The monoisotopic (exact) mass is 331 g/mol. The van der Waals surface area contributed by atoms with Crippen molar-refractivity contribution in [3.8, 4) is 11.5 Å². The normalized spacial score (nSPS) is 15.9. The first-order valence-electron chi connectivity index (χ1n) is 6.51. The molecule has 0 spiro atoms. The summed E-state index contributed by atoms with van der Waals surface area (Å²) in [6, 6.07) is 2.89. The third-order valence-electron chi connectivity index (χ3n) is 3.33. The number of phenolic OH excluding ortho intramolecular Hbond substituents is 1. The van der Waals surface area contributed by atoms with Crippen LogP contribution in [0.25, 0.3) is 0 Å². The molecule has 0 aliphatic carbocycles. The summed E-state index contributed by atoms with van der Waals surface area (Å²) < 4.78 is 5.87. The molecule has 0 saturated heterocycles. The van der Waals surface area contributed by atoms with E-state index in [1.807, 2.05) is 20.8 Å². The number of aliphatic hydroxyl groups is 1. The molecule has 0 radical (unpaired) electrons. The summed E-state index contributed by atoms with van der Waals surface area (Å²) in [6.07, 6.45) is 0.225. The van der Waals surface area contributed by atoms with Gasteiger partial charge in [0, 0.05) is 0 Å². The van der Waals surface area contributed by atoms with E-state index >= 15 is 0 Å². The largest absolute Gasteiger partial charge is 0.503 e. The van der Waals surface area contributed by atoms with Crippen LogP contribution in [-0.4, -0.2) is 22.9 Å². The van der Waals surface area contributed by atoms with Gasteiger partial charge in [-0.05, 0) is 46.5 Å². The fraction of sp³-hybridized carbons (Fsp3) is 0.571. The zero-order valence-electron chi connectivity index (χ0n) is 11.6. The number of aliphatic hydroxyl groups excluding tert-OH is 1. The Morgan fingerprint density at radius 1 is 1.37 bits per heavy atom. The van der Waals surface area contributed by atoms with Gasteiger partial charge in [0.15, 0.2) is 11.5 Å². The Labute approximate surface area is 122 Å². The minimum atomic E-state index is -0.629. The van der Waals surface area contributed by atoms with Crippen molar-refractivity contribution in [2.45, 2.75) is 39.3 Å². The lowest BCUT2D eigenvalue weighted by molar-refractivity contribution is 0.0878. The van der Waals surface area contributed by atoms with Gasteiger partial charge in [-0.1, -0.05) is 20.3 Å². The van der Waals surface area contributed by atoms with Gasteiger partial charge in [-0.25, -0.2) is 0 Å². The van der Waals surface area contributed by atoms with Crippen LogP contribution in [-0.2, 0) is 0 Å². The van der Waals surface area contributed by atoms with E-state index in [9.17, 15) is 10.2 Å². The molecule has 19 heavy (non-hydrogen) atoms. The molecule has 0 aliphatic heterocycles. The molecule has 0 aliphatic rings. The lowest BCUT2D eigenvalue weighted by Crippen LogP contribution is -2.31. The van der Waals surface area contributed by atoms with Crippen LogP contribution in [0.2, 0.25) is 0 Å². The summed E-state index contributed by atoms with van der Waals surface area (Å²) in [5.41, 5.74) is 6.83. The zero-order valence-corrected chi connectivity index (χ0v) is 13.1. The molecule has 0 saturated carbocycles. The Hall–Kier alpha value is -0.780. The fourth-order valence-corrected chi connectivity index (χ4v) is 2.30. The Balaban J connectivity index is 3.06. The summed E-state index contributed by atoms with van der Waals surface area (Å²) in [6.45, 7) is 6.27. The molecule has 0 bridgehead atoms. The van der Waals surface area contributed by atoms with Crippen molar-refractivity contribution in [1.82, 2.24) is 0 Å². The molecule has 3 atom stereocenters. The van der Waals surface area contributed by atoms with Crippen molar-refractivity contribution in [1.29, 1.82) is 0 Å². The van der Waals surface area contributed by atoms with E-state index in [4.69, 9.17) is 10.5 Å². The third kappa shape index (κ3) is 3.84. The van der Waals surface area contributed by atoms with Crippen LogP contribution in [0.1, 0.15) is 38.8 Å². The summed E-state index contributed by atoms with van der Waals surface area (Å²) in [7, 11) is 0. The van der Waals surface area contributed by atoms with Crippen LogP contribution >= 0.6 is 15.9 Å². The number of phenols is 1. The Kier molecular flexibility index (Phi) is 6.10. The van der Waals surface area contributed by atoms with Gasteiger partial charge in [0.05, 0.1) is 23.2 Å². The minimum Gasteiger partial charge on any atom is -0.503 e. The summed E-state index contributed by atoms with van der Waals surface area (Å²) in [5.74, 6) is 0.535. The number of hydrogen-bond acceptors (Lipinski definition) is 4. The second-order valence-corrected chi connectivity index (χ2v) is 5.54. The molecular weight excluding hydrogens is 310 g/mol. The average molecular weight is 332 g/mol. The molecule has 1 unspecified atom stereocenters. The molecule has 5 heteroatoms. The van der Waals surface area contributed by atoms with Gasteiger partial charge >= 0.3 is 0 Å². The first-order chi connectivity index (χ1) is 8.92. The predicted octanol–water partition coefficient (Wildman–Crippen LogP) is 2.96. The first-order valence-corrected chi connectivity index (χ1v) is 7.30. The standard InChI is InChI=1S/C14H22BrNO3/c1-4-8(3)13(17)12(16)9-6-10(15)14(18)11(7-9)19-5-2/h6-8,12-13,17-18H,4-5,16H2,1-3H3/t8?,12-,13+/m0/s1. The van der Waals surface area contributed by atoms with Crippen molar-refractivity contribution < 1.29 is 14.9 Å². The number of aromatic hydroxyl groups is 1. The Bertz CT molecular complexity index is 425. The quantitative estimate of drug-likeness (QED) is 0.749. The molecular formula is C14H22BrNO3. The second kappa shape index (κ2) is 7.12. The fourth-order valence-electron chi connectivity index (χ4n) is 1.84. The number of ether oxygens (including phenoxy) is 1. The second-order valence-electron chi connectivity index (χ2n) is 4.68. The molecule has 108 valence electrons. The highest BCUT2D eigenvalue weighted by atomic mass is 79.9. The maximum absolute atomic E-state index is 10.2. The van der Waals surface area contributed by atoms with Gasteiger partial charge in [-0.3, -0.25) is 0 Å². The van der Waals surface area contributed by atoms with Crippen LogP contribution < -0.4 is 10.5 Å². The average Bonchev–Trinajstić information content (AvgIpc) is 2.41. The summed E-state index contributed by atoms with van der Waals surface area (Å²) >= 11 is 3.27. The number of nitrogens with two attached hydrogens (primary N) is 1. The molecule has 4 nitrogen and oxygen atoms in total. The van der Waals surface area contributed by atoms with E-state index in [0.29, 0.717) is 16.8 Å². The molecule has 0 heterocycles. The number of halogens is 1. The molecule has 4 N–H and O–H groups in total. The predicted molar refractivity (Wildman–Crippen MR) is 79.4 cm³/mol. The maximum atomic E-state index is 10.2. The van der Waals surface area contributed by atoms with Crippen molar-refractivity contribution in [3.05, 3.63) is 22.2 Å². The third-order valence-corrected chi connectivity index (χ3v) is 3.93. The smallest absolute Gasteiger partial charge is 0.172 e. The molecule has 0 amide bonds. The lowest BCUT2D eigenvalue weighted by Gasteiger charge is -2.25. The van der Waals surface area contributed by atoms with Crippen LogP contribution in [0.15, 0.2) is 16.6 Å². The number of rotatable bonds is 6. The van der Waals surface area contributed by atoms with Gasteiger partial charge in [-0.2, -0.15) is 0 Å². The van der Waals surface area contributed by atoms with Crippen molar-refractivity contribution >= 4 is 15.9 Å². The molecule has 1 aromatic carbocycles. The Morgan fingerprint density at radius 2 is 2.00 bits per heavy atom. The molecule has 1 aromatic rings. The van der Waals surface area contributed by atoms with E-state index in [0.717, 1.165) is 12.0 Å². The maximum Gasteiger partial charge on any atom is 0.172 e. The lowest BCUT2D eigenvalue weighted by atomic mass is 9.91. The van der Waals surface area contributed by atoms with E-state index < -0.39 is 12.1 Å². The van der Waals surface area contributed by atoms with Crippen molar-refractivity contribution in [2.24, 2.45) is 11.7 Å². The van der Waals surface area contributed by atoms with E-state index in [2.05, 4.69) is 15.9 Å². The molecule has 0 aromatic heterocycles. The minimum absolute atomic E-state index is 0.0517. The van der Waals surface area contributed by atoms with Gasteiger partial charge in [-0.15, -0.1) is 0 Å². The summed E-state index contributed by atoms with van der Waals surface area (Å²) in [5, 5.41) is 20.0. The Morgan fingerprint density at radius 3 is 2.53 bits per heavy atom. The van der Waals surface area contributed by atoms with Crippen LogP contribution in [0.4, 0.5) is 0 Å². The van der Waals surface area contributed by atoms with Crippen molar-refractivity contribution in [3.63, 3.8) is 0 Å². The van der Waals surface area contributed by atoms with E-state index in [-0.39, 0.29) is 11.7 Å². The highest BCUT2D eigenvalue weighted by Crippen LogP contribution is 2.37. The van der Waals surface area contributed by atoms with Crippen LogP contribution in [0, 0.1) is 5.92 Å².